The van der Waals surface area contributed by atoms with Crippen molar-refractivity contribution in [3.8, 4) is 0 Å². The van der Waals surface area contributed by atoms with Crippen LogP contribution in [0.5, 0.6) is 0 Å². The fraction of sp³-hybridized carbons (Fsp3) is 0.846. The van der Waals surface area contributed by atoms with Crippen LogP contribution in [0.25, 0.3) is 0 Å². The highest BCUT2D eigenvalue weighted by molar-refractivity contribution is 7.80. The smallest absolute Gasteiger partial charge is 0.329 e. The van der Waals surface area contributed by atoms with Gasteiger partial charge in [0.2, 0.25) is 5.91 Å². The molecular formula is C13H25NO3S. The Morgan fingerprint density at radius 3 is 2.44 bits per heavy atom. The van der Waals surface area contributed by atoms with Gasteiger partial charge in [0.1, 0.15) is 6.04 Å². The number of carbonyl (C=O) groups is 2. The number of hydrogen-bond donors (Lipinski definition) is 2. The Hall–Kier alpha value is -0.710. The van der Waals surface area contributed by atoms with Crippen molar-refractivity contribution in [2.45, 2.75) is 65.0 Å². The maximum absolute atomic E-state index is 11.7. The number of unbranched alkanes of at least 4 members (excludes halogenated alkanes) is 3. The number of amides is 1. The Morgan fingerprint density at radius 2 is 1.94 bits per heavy atom. The second-order valence-electron chi connectivity index (χ2n) is 4.53. The summed E-state index contributed by atoms with van der Waals surface area (Å²) in [5, 5.41) is 2.52. The summed E-state index contributed by atoms with van der Waals surface area (Å²) < 4.78 is 5.28. The van der Waals surface area contributed by atoms with Crippen molar-refractivity contribution in [2.75, 3.05) is 5.75 Å². The molecule has 0 saturated heterocycles. The number of hydrogen-bond acceptors (Lipinski definition) is 4. The van der Waals surface area contributed by atoms with Crippen molar-refractivity contribution in [3.63, 3.8) is 0 Å². The summed E-state index contributed by atoms with van der Waals surface area (Å²) in [5.74, 6) is -0.397. The summed E-state index contributed by atoms with van der Waals surface area (Å²) in [6.07, 6.45) is 5.40. The molecule has 0 fully saturated rings. The third-order valence-corrected chi connectivity index (χ3v) is 2.99. The fourth-order valence-corrected chi connectivity index (χ4v) is 1.86. The molecule has 106 valence electrons. The maximum Gasteiger partial charge on any atom is 0.329 e. The number of ether oxygens (including phenoxy) is 1. The summed E-state index contributed by atoms with van der Waals surface area (Å²) in [6.45, 7) is 5.42. The molecular weight excluding hydrogens is 250 g/mol. The molecule has 1 amide bonds. The Kier molecular flexibility index (Phi) is 9.83. The van der Waals surface area contributed by atoms with E-state index in [9.17, 15) is 9.59 Å². The fourth-order valence-electron chi connectivity index (χ4n) is 1.62. The van der Waals surface area contributed by atoms with Gasteiger partial charge in [-0.1, -0.05) is 26.2 Å². The zero-order valence-electron chi connectivity index (χ0n) is 11.6. The van der Waals surface area contributed by atoms with Crippen molar-refractivity contribution in [2.24, 2.45) is 0 Å². The van der Waals surface area contributed by atoms with E-state index in [2.05, 4.69) is 24.9 Å². The molecule has 0 aliphatic heterocycles. The van der Waals surface area contributed by atoms with Gasteiger partial charge in [0.15, 0.2) is 0 Å². The molecule has 0 aromatic carbocycles. The number of nitrogens with one attached hydrogen (secondary N) is 1. The molecule has 0 heterocycles. The molecule has 0 bridgehead atoms. The van der Waals surface area contributed by atoms with Crippen LogP contribution in [-0.4, -0.2) is 29.8 Å². The molecule has 1 unspecified atom stereocenters. The van der Waals surface area contributed by atoms with E-state index in [1.54, 1.807) is 0 Å². The summed E-state index contributed by atoms with van der Waals surface area (Å²) >= 11 is 4.03. The van der Waals surface area contributed by atoms with Crippen LogP contribution in [0, 0.1) is 0 Å². The van der Waals surface area contributed by atoms with Gasteiger partial charge in [-0.2, -0.15) is 12.6 Å². The highest BCUT2D eigenvalue weighted by atomic mass is 32.1. The summed E-state index contributed by atoms with van der Waals surface area (Å²) in [5.41, 5.74) is 0. The Labute approximate surface area is 115 Å². The third kappa shape index (κ3) is 8.39. The first kappa shape index (κ1) is 17.3. The molecule has 0 aliphatic rings. The van der Waals surface area contributed by atoms with Crippen LogP contribution in [0.3, 0.4) is 0 Å². The molecule has 0 aromatic heterocycles. The lowest BCUT2D eigenvalue weighted by atomic mass is 10.1. The molecule has 5 heteroatoms. The standard InChI is InChI=1S/C13H25NO3S/c1-4-5-6-7-8-10(2)17-13(16)12(9-18)14-11(3)15/h10,12,18H,4-9H2,1-3H3,(H,14,15)/t10?,12-/m0/s1. The predicted octanol–water partition coefficient (Wildman–Crippen LogP) is 2.32. The van der Waals surface area contributed by atoms with Gasteiger partial charge in [-0.15, -0.1) is 0 Å². The molecule has 0 aromatic rings. The van der Waals surface area contributed by atoms with Gasteiger partial charge in [0.25, 0.3) is 0 Å². The van der Waals surface area contributed by atoms with Crippen LogP contribution in [0.2, 0.25) is 0 Å². The van der Waals surface area contributed by atoms with Gasteiger partial charge in [0.05, 0.1) is 6.10 Å². The maximum atomic E-state index is 11.7. The van der Waals surface area contributed by atoms with Gasteiger partial charge in [0, 0.05) is 12.7 Å². The first-order valence-electron chi connectivity index (χ1n) is 6.59. The van der Waals surface area contributed by atoms with E-state index in [-0.39, 0.29) is 17.8 Å². The van der Waals surface area contributed by atoms with E-state index in [4.69, 9.17) is 4.74 Å². The van der Waals surface area contributed by atoms with Crippen molar-refractivity contribution in [1.82, 2.24) is 5.32 Å². The summed E-state index contributed by atoms with van der Waals surface area (Å²) in [4.78, 5) is 22.6. The lowest BCUT2D eigenvalue weighted by Crippen LogP contribution is -2.43. The average Bonchev–Trinajstić information content (AvgIpc) is 2.31. The largest absolute Gasteiger partial charge is 0.461 e. The molecule has 2 atom stereocenters. The van der Waals surface area contributed by atoms with Crippen molar-refractivity contribution < 1.29 is 14.3 Å². The topological polar surface area (TPSA) is 55.4 Å². The highest BCUT2D eigenvalue weighted by Crippen LogP contribution is 2.09. The molecule has 0 radical (unpaired) electrons. The number of carbonyl (C=O) groups excluding carboxylic acids is 2. The molecule has 0 saturated carbocycles. The first-order valence-corrected chi connectivity index (χ1v) is 7.23. The molecule has 18 heavy (non-hydrogen) atoms. The van der Waals surface area contributed by atoms with E-state index >= 15 is 0 Å². The monoisotopic (exact) mass is 275 g/mol. The molecule has 4 nitrogen and oxygen atoms in total. The van der Waals surface area contributed by atoms with Crippen LogP contribution < -0.4 is 5.32 Å². The van der Waals surface area contributed by atoms with E-state index in [1.165, 1.54) is 26.2 Å². The van der Waals surface area contributed by atoms with E-state index < -0.39 is 12.0 Å². The number of thiol groups is 1. The molecule has 0 spiro atoms. The Bertz CT molecular complexity index is 259. The lowest BCUT2D eigenvalue weighted by Gasteiger charge is -2.18. The van der Waals surface area contributed by atoms with Gasteiger partial charge in [-0.05, 0) is 19.8 Å². The molecule has 0 aliphatic carbocycles. The minimum Gasteiger partial charge on any atom is -0.461 e. The molecule has 0 rings (SSSR count). The van der Waals surface area contributed by atoms with Crippen LogP contribution in [0.4, 0.5) is 0 Å². The minimum absolute atomic E-state index is 0.106. The highest BCUT2D eigenvalue weighted by Gasteiger charge is 2.21. The van der Waals surface area contributed by atoms with E-state index in [0.717, 1.165) is 12.8 Å². The number of esters is 1. The third-order valence-electron chi connectivity index (χ3n) is 2.63. The van der Waals surface area contributed by atoms with Gasteiger partial charge < -0.3 is 10.1 Å². The van der Waals surface area contributed by atoms with Gasteiger partial charge in [-0.25, -0.2) is 4.79 Å². The van der Waals surface area contributed by atoms with Crippen LogP contribution in [-0.2, 0) is 14.3 Å². The van der Waals surface area contributed by atoms with E-state index in [1.807, 2.05) is 6.92 Å². The SMILES string of the molecule is CCCCCCC(C)OC(=O)[C@H](CS)NC(C)=O. The average molecular weight is 275 g/mol. The molecule has 1 N–H and O–H groups in total. The Balaban J connectivity index is 3.92. The normalized spacial score (nSPS) is 13.8. The quantitative estimate of drug-likeness (QED) is 0.386. The summed E-state index contributed by atoms with van der Waals surface area (Å²) in [6, 6.07) is -0.649. The Morgan fingerprint density at radius 1 is 1.28 bits per heavy atom. The second-order valence-corrected chi connectivity index (χ2v) is 4.90. The van der Waals surface area contributed by atoms with Crippen molar-refractivity contribution >= 4 is 24.5 Å². The van der Waals surface area contributed by atoms with Gasteiger partial charge in [-0.3, -0.25) is 4.79 Å². The van der Waals surface area contributed by atoms with Crippen LogP contribution >= 0.6 is 12.6 Å². The zero-order valence-corrected chi connectivity index (χ0v) is 12.5. The van der Waals surface area contributed by atoms with Crippen molar-refractivity contribution in [1.29, 1.82) is 0 Å². The minimum atomic E-state index is -0.649. The number of rotatable bonds is 9. The lowest BCUT2D eigenvalue weighted by molar-refractivity contribution is -0.151. The summed E-state index contributed by atoms with van der Waals surface area (Å²) in [7, 11) is 0. The van der Waals surface area contributed by atoms with Crippen LogP contribution in [0.15, 0.2) is 0 Å². The van der Waals surface area contributed by atoms with Crippen molar-refractivity contribution in [3.05, 3.63) is 0 Å². The van der Waals surface area contributed by atoms with Gasteiger partial charge >= 0.3 is 5.97 Å². The van der Waals surface area contributed by atoms with E-state index in [0.29, 0.717) is 0 Å². The predicted molar refractivity (Wildman–Crippen MR) is 75.8 cm³/mol. The second kappa shape index (κ2) is 10.2. The first-order chi connectivity index (χ1) is 8.51. The van der Waals surface area contributed by atoms with Crippen LogP contribution in [0.1, 0.15) is 52.9 Å². The zero-order chi connectivity index (χ0) is 14.0.